The van der Waals surface area contributed by atoms with Crippen LogP contribution >= 0.6 is 0 Å². The van der Waals surface area contributed by atoms with Crippen molar-refractivity contribution in [3.05, 3.63) is 90.1 Å². The van der Waals surface area contributed by atoms with Gasteiger partial charge in [-0.15, -0.1) is 0 Å². The van der Waals surface area contributed by atoms with E-state index in [-0.39, 0.29) is 11.7 Å². The Labute approximate surface area is 171 Å². The van der Waals surface area contributed by atoms with Crippen molar-refractivity contribution < 1.29 is 23.1 Å². The number of para-hydroxylation sites is 1. The molecule has 2 amide bonds. The zero-order valence-corrected chi connectivity index (χ0v) is 15.6. The van der Waals surface area contributed by atoms with Gasteiger partial charge < -0.3 is 15.4 Å². The van der Waals surface area contributed by atoms with Crippen molar-refractivity contribution in [1.29, 1.82) is 0 Å². The number of aromatic nitrogens is 1. The fraction of sp³-hybridized carbons (Fsp3) is 0.0455. The van der Waals surface area contributed by atoms with Crippen LogP contribution in [0.1, 0.15) is 15.9 Å². The number of nitrogens with zero attached hydrogens (tertiary/aromatic N) is 1. The molecule has 0 aliphatic rings. The van der Waals surface area contributed by atoms with Crippen LogP contribution in [0.5, 0.6) is 5.75 Å². The Balaban J connectivity index is 1.65. The Morgan fingerprint density at radius 1 is 0.967 bits per heavy atom. The number of carbonyl (C=O) groups is 2. The van der Waals surface area contributed by atoms with Crippen molar-refractivity contribution in [2.45, 2.75) is 6.61 Å². The van der Waals surface area contributed by atoms with Crippen LogP contribution < -0.4 is 15.4 Å². The normalized spacial score (nSPS) is 10.8. The summed E-state index contributed by atoms with van der Waals surface area (Å²) >= 11 is 0. The predicted molar refractivity (Wildman–Crippen MR) is 109 cm³/mol. The molecule has 0 atom stereocenters. The predicted octanol–water partition coefficient (Wildman–Crippen LogP) is 4.59. The summed E-state index contributed by atoms with van der Waals surface area (Å²) in [4.78, 5) is 28.6. The van der Waals surface area contributed by atoms with Crippen LogP contribution in [0.4, 0.5) is 20.3 Å². The van der Waals surface area contributed by atoms with Crippen LogP contribution in [-0.2, 0) is 4.79 Å². The summed E-state index contributed by atoms with van der Waals surface area (Å²) in [6.45, 7) is -2.96. The van der Waals surface area contributed by atoms with Crippen LogP contribution in [0.3, 0.4) is 0 Å². The van der Waals surface area contributed by atoms with Crippen molar-refractivity contribution in [1.82, 2.24) is 4.98 Å². The highest BCUT2D eigenvalue weighted by atomic mass is 19.3. The highest BCUT2D eigenvalue weighted by Crippen LogP contribution is 2.21. The minimum absolute atomic E-state index is 0.0373. The summed E-state index contributed by atoms with van der Waals surface area (Å²) in [5.74, 6) is -0.503. The summed E-state index contributed by atoms with van der Waals surface area (Å²) in [5.41, 5.74) is 1.06. The Morgan fingerprint density at radius 3 is 2.53 bits per heavy atom. The number of nitrogens with one attached hydrogen (secondary N) is 2. The Bertz CT molecular complexity index is 1060. The van der Waals surface area contributed by atoms with Crippen LogP contribution in [0.25, 0.3) is 6.08 Å². The average molecular weight is 409 g/mol. The summed E-state index contributed by atoms with van der Waals surface area (Å²) in [7, 11) is 0. The van der Waals surface area contributed by atoms with Gasteiger partial charge in [-0.1, -0.05) is 30.3 Å². The molecule has 2 N–H and O–H groups in total. The monoisotopic (exact) mass is 409 g/mol. The zero-order valence-electron chi connectivity index (χ0n) is 15.6. The first kappa shape index (κ1) is 20.7. The lowest BCUT2D eigenvalue weighted by atomic mass is 10.1. The van der Waals surface area contributed by atoms with Gasteiger partial charge in [0, 0.05) is 29.1 Å². The molecule has 1 heterocycles. The number of anilines is 2. The SMILES string of the molecule is O=C(/C=C/c1ccccc1OC(F)F)Nc1cccc(C(=O)Nc2ccccn2)c1. The molecule has 0 saturated carbocycles. The molecule has 3 aromatic rings. The van der Waals surface area contributed by atoms with Crippen molar-refractivity contribution in [3.63, 3.8) is 0 Å². The molecular weight excluding hydrogens is 392 g/mol. The third-order valence-electron chi connectivity index (χ3n) is 3.85. The first-order chi connectivity index (χ1) is 14.5. The molecule has 0 radical (unpaired) electrons. The number of benzene rings is 2. The Kier molecular flexibility index (Phi) is 6.83. The molecule has 8 heteroatoms. The van der Waals surface area contributed by atoms with Gasteiger partial charge in [-0.3, -0.25) is 9.59 Å². The number of ether oxygens (including phenoxy) is 1. The van der Waals surface area contributed by atoms with Gasteiger partial charge >= 0.3 is 6.61 Å². The van der Waals surface area contributed by atoms with E-state index in [1.807, 2.05) is 0 Å². The average Bonchev–Trinajstić information content (AvgIpc) is 2.73. The lowest BCUT2D eigenvalue weighted by molar-refractivity contribution is -0.111. The second-order valence-corrected chi connectivity index (χ2v) is 5.99. The van der Waals surface area contributed by atoms with Gasteiger partial charge in [-0.25, -0.2) is 4.98 Å². The molecular formula is C22H17F2N3O3. The summed E-state index contributed by atoms with van der Waals surface area (Å²) < 4.78 is 29.4. The Hall–Kier alpha value is -4.07. The molecule has 2 aromatic carbocycles. The van der Waals surface area contributed by atoms with Crippen molar-refractivity contribution in [3.8, 4) is 5.75 Å². The van der Waals surface area contributed by atoms with E-state index in [4.69, 9.17) is 0 Å². The van der Waals surface area contributed by atoms with Crippen molar-refractivity contribution in [2.75, 3.05) is 10.6 Å². The van der Waals surface area contributed by atoms with Gasteiger partial charge in [0.05, 0.1) is 0 Å². The van der Waals surface area contributed by atoms with Gasteiger partial charge in [0.25, 0.3) is 5.91 Å². The van der Waals surface area contributed by atoms with E-state index in [2.05, 4.69) is 20.4 Å². The smallest absolute Gasteiger partial charge is 0.387 e. The third-order valence-corrected chi connectivity index (χ3v) is 3.85. The first-order valence-corrected chi connectivity index (χ1v) is 8.86. The summed E-state index contributed by atoms with van der Waals surface area (Å²) in [6.07, 6.45) is 4.11. The highest BCUT2D eigenvalue weighted by Gasteiger charge is 2.09. The van der Waals surface area contributed by atoms with Crippen molar-refractivity contribution >= 4 is 29.4 Å². The van der Waals surface area contributed by atoms with Crippen LogP contribution in [0, 0.1) is 0 Å². The van der Waals surface area contributed by atoms with Crippen LogP contribution in [0.2, 0.25) is 0 Å². The highest BCUT2D eigenvalue weighted by molar-refractivity contribution is 6.06. The fourth-order valence-corrected chi connectivity index (χ4v) is 2.53. The summed E-state index contributed by atoms with van der Waals surface area (Å²) in [5, 5.41) is 5.28. The lowest BCUT2D eigenvalue weighted by Crippen LogP contribution is -2.14. The second kappa shape index (κ2) is 9.92. The maximum Gasteiger partial charge on any atom is 0.387 e. The molecule has 0 unspecified atom stereocenters. The van der Waals surface area contributed by atoms with E-state index in [0.717, 1.165) is 0 Å². The topological polar surface area (TPSA) is 80.3 Å². The molecule has 1 aromatic heterocycles. The minimum Gasteiger partial charge on any atom is -0.434 e. The number of carbonyl (C=O) groups excluding carboxylic acids is 2. The molecule has 152 valence electrons. The number of amides is 2. The number of rotatable bonds is 7. The summed E-state index contributed by atoms with van der Waals surface area (Å²) in [6, 6.07) is 17.6. The van der Waals surface area contributed by atoms with Gasteiger partial charge in [0.2, 0.25) is 5.91 Å². The van der Waals surface area contributed by atoms with E-state index in [1.165, 1.54) is 24.3 Å². The van der Waals surface area contributed by atoms with E-state index >= 15 is 0 Å². The minimum atomic E-state index is -2.96. The number of alkyl halides is 2. The molecule has 30 heavy (non-hydrogen) atoms. The number of halogens is 2. The third kappa shape index (κ3) is 5.96. The Morgan fingerprint density at radius 2 is 1.77 bits per heavy atom. The number of pyridine rings is 1. The molecule has 0 aliphatic carbocycles. The second-order valence-electron chi connectivity index (χ2n) is 5.99. The molecule has 0 aliphatic heterocycles. The molecule has 3 rings (SSSR count). The van der Waals surface area contributed by atoms with E-state index in [1.54, 1.807) is 60.8 Å². The lowest BCUT2D eigenvalue weighted by Gasteiger charge is -2.08. The maximum atomic E-state index is 12.5. The molecule has 0 spiro atoms. The fourth-order valence-electron chi connectivity index (χ4n) is 2.53. The standard InChI is InChI=1S/C22H17F2N3O3/c23-22(24)30-18-9-2-1-6-15(18)11-12-20(28)26-17-8-5-7-16(14-17)21(29)27-19-10-3-4-13-25-19/h1-14,22H,(H,26,28)(H,25,27,29)/b12-11+. The van der Waals surface area contributed by atoms with E-state index < -0.39 is 12.5 Å². The van der Waals surface area contributed by atoms with Crippen LogP contribution in [0.15, 0.2) is 79.0 Å². The van der Waals surface area contributed by atoms with E-state index in [9.17, 15) is 18.4 Å². The molecule has 0 bridgehead atoms. The van der Waals surface area contributed by atoms with Gasteiger partial charge in [-0.05, 0) is 42.5 Å². The number of hydrogen-bond donors (Lipinski definition) is 2. The van der Waals surface area contributed by atoms with Crippen LogP contribution in [-0.4, -0.2) is 23.4 Å². The quantitative estimate of drug-likeness (QED) is 0.560. The van der Waals surface area contributed by atoms with Crippen molar-refractivity contribution in [2.24, 2.45) is 0 Å². The molecule has 0 saturated heterocycles. The van der Waals surface area contributed by atoms with Gasteiger partial charge in [0.15, 0.2) is 0 Å². The van der Waals surface area contributed by atoms with E-state index in [0.29, 0.717) is 22.6 Å². The molecule has 0 fully saturated rings. The maximum absolute atomic E-state index is 12.5. The zero-order chi connectivity index (χ0) is 21.3. The number of hydrogen-bond acceptors (Lipinski definition) is 4. The van der Waals surface area contributed by atoms with Gasteiger partial charge in [-0.2, -0.15) is 8.78 Å². The largest absolute Gasteiger partial charge is 0.434 e. The first-order valence-electron chi connectivity index (χ1n) is 8.86. The van der Waals surface area contributed by atoms with Gasteiger partial charge in [0.1, 0.15) is 11.6 Å². The molecule has 6 nitrogen and oxygen atoms in total.